The van der Waals surface area contributed by atoms with E-state index in [1.807, 2.05) is 52.0 Å². The molecule has 188 valence electrons. The molecular formula is C26H35N5O4. The van der Waals surface area contributed by atoms with Crippen molar-refractivity contribution >= 4 is 17.4 Å². The Morgan fingerprint density at radius 3 is 2.31 bits per heavy atom. The van der Waals surface area contributed by atoms with E-state index in [-0.39, 0.29) is 29.3 Å². The number of anilines is 1. The molecule has 1 saturated heterocycles. The Morgan fingerprint density at radius 2 is 1.74 bits per heavy atom. The number of nitrogens with two attached hydrogens (primary N) is 1. The van der Waals surface area contributed by atoms with Crippen LogP contribution in [-0.2, 0) is 16.1 Å². The zero-order valence-corrected chi connectivity index (χ0v) is 20.8. The summed E-state index contributed by atoms with van der Waals surface area (Å²) >= 11 is 0. The molecule has 0 radical (unpaired) electrons. The molecule has 1 amide bonds. The predicted octanol–water partition coefficient (Wildman–Crippen LogP) is 3.08. The third kappa shape index (κ3) is 5.06. The zero-order chi connectivity index (χ0) is 25.3. The second kappa shape index (κ2) is 10.1. The highest BCUT2D eigenvalue weighted by molar-refractivity contribution is 6.43. The summed E-state index contributed by atoms with van der Waals surface area (Å²) in [5.41, 5.74) is 8.89. The van der Waals surface area contributed by atoms with Crippen molar-refractivity contribution in [2.75, 3.05) is 31.2 Å². The normalized spacial score (nSPS) is 19.0. The van der Waals surface area contributed by atoms with Gasteiger partial charge in [0, 0.05) is 43.0 Å². The number of morpholine rings is 1. The van der Waals surface area contributed by atoms with Crippen molar-refractivity contribution in [1.82, 2.24) is 9.91 Å². The molecule has 2 aromatic rings. The summed E-state index contributed by atoms with van der Waals surface area (Å²) in [6.45, 7) is 12.0. The van der Waals surface area contributed by atoms with Gasteiger partial charge in [-0.25, -0.2) is 0 Å². The Bertz CT molecular complexity index is 1090. The third-order valence-electron chi connectivity index (χ3n) is 6.48. The number of ether oxygens (including phenoxy) is 1. The molecule has 0 spiro atoms. The Balaban J connectivity index is 1.74. The van der Waals surface area contributed by atoms with Crippen molar-refractivity contribution in [2.24, 2.45) is 10.8 Å². The first-order chi connectivity index (χ1) is 16.7. The quantitative estimate of drug-likeness (QED) is 0.557. The minimum atomic E-state index is -0.655. The van der Waals surface area contributed by atoms with E-state index in [0.717, 1.165) is 44.1 Å². The lowest BCUT2D eigenvalue weighted by Gasteiger charge is -2.34. The minimum Gasteiger partial charge on any atom is -0.508 e. The minimum absolute atomic E-state index is 0.0328. The predicted molar refractivity (Wildman–Crippen MR) is 135 cm³/mol. The molecule has 0 aromatic heterocycles. The van der Waals surface area contributed by atoms with Crippen LogP contribution >= 0.6 is 0 Å². The molecule has 4 rings (SSSR count). The summed E-state index contributed by atoms with van der Waals surface area (Å²) in [5, 5.41) is 27.6. The number of nitrogens with zero attached hydrogens (tertiary/aromatic N) is 4. The largest absolute Gasteiger partial charge is 0.508 e. The maximum atomic E-state index is 12.5. The van der Waals surface area contributed by atoms with Crippen LogP contribution in [0.25, 0.3) is 0 Å². The molecule has 0 bridgehead atoms. The lowest BCUT2D eigenvalue weighted by molar-refractivity contribution is -0.112. The van der Waals surface area contributed by atoms with Gasteiger partial charge in [0.1, 0.15) is 11.5 Å². The number of carbonyl (C=O) groups is 1. The molecule has 1 atom stereocenters. The fraction of sp³-hybridized carbons (Fsp3) is 0.462. The topological polar surface area (TPSA) is 115 Å². The molecule has 35 heavy (non-hydrogen) atoms. The summed E-state index contributed by atoms with van der Waals surface area (Å²) in [6.07, 6.45) is -0.610. The van der Waals surface area contributed by atoms with E-state index in [9.17, 15) is 15.0 Å². The highest BCUT2D eigenvalue weighted by Crippen LogP contribution is 2.43. The van der Waals surface area contributed by atoms with Crippen LogP contribution in [0.15, 0.2) is 41.5 Å². The van der Waals surface area contributed by atoms with Crippen LogP contribution in [0.4, 0.5) is 5.69 Å². The van der Waals surface area contributed by atoms with E-state index in [1.165, 1.54) is 6.07 Å². The molecule has 9 heteroatoms. The van der Waals surface area contributed by atoms with Crippen LogP contribution in [-0.4, -0.2) is 64.2 Å². The van der Waals surface area contributed by atoms with Gasteiger partial charge in [0.05, 0.1) is 13.2 Å². The van der Waals surface area contributed by atoms with Crippen LogP contribution in [0.5, 0.6) is 11.5 Å². The van der Waals surface area contributed by atoms with Gasteiger partial charge in [-0.05, 0) is 49.1 Å². The Kier molecular flexibility index (Phi) is 7.18. The average molecular weight is 482 g/mol. The number of amides is 1. The molecule has 2 heterocycles. The highest BCUT2D eigenvalue weighted by atomic mass is 16.5. The number of amidine groups is 1. The molecule has 1 unspecified atom stereocenters. The molecule has 9 nitrogen and oxygen atoms in total. The third-order valence-corrected chi connectivity index (χ3v) is 6.48. The van der Waals surface area contributed by atoms with E-state index >= 15 is 0 Å². The summed E-state index contributed by atoms with van der Waals surface area (Å²) in [7, 11) is 0. The van der Waals surface area contributed by atoms with Gasteiger partial charge in [0.25, 0.3) is 5.91 Å². The van der Waals surface area contributed by atoms with Crippen LogP contribution < -0.4 is 10.6 Å². The van der Waals surface area contributed by atoms with Crippen LogP contribution in [0, 0.1) is 0 Å². The number of primary amides is 1. The Hall–Kier alpha value is -3.30. The van der Waals surface area contributed by atoms with Gasteiger partial charge in [-0.15, -0.1) is 0 Å². The van der Waals surface area contributed by atoms with Gasteiger partial charge in [-0.1, -0.05) is 26.0 Å². The van der Waals surface area contributed by atoms with Crippen molar-refractivity contribution in [3.8, 4) is 11.5 Å². The first-order valence-corrected chi connectivity index (χ1v) is 12.1. The molecule has 0 saturated carbocycles. The smallest absolute Gasteiger partial charge is 0.286 e. The highest BCUT2D eigenvalue weighted by Gasteiger charge is 2.41. The van der Waals surface area contributed by atoms with Gasteiger partial charge in [-0.3, -0.25) is 19.6 Å². The maximum absolute atomic E-state index is 12.5. The molecule has 2 aromatic carbocycles. The van der Waals surface area contributed by atoms with Crippen molar-refractivity contribution in [2.45, 2.75) is 52.4 Å². The molecule has 4 N–H and O–H groups in total. The second-order valence-corrected chi connectivity index (χ2v) is 9.68. The summed E-state index contributed by atoms with van der Waals surface area (Å²) in [5.74, 6) is -0.559. The number of aromatic hydroxyl groups is 2. The monoisotopic (exact) mass is 481 g/mol. The Labute approximate surface area is 206 Å². The number of benzene rings is 2. The number of hydrogen-bond donors (Lipinski definition) is 3. The Morgan fingerprint density at radius 1 is 1.09 bits per heavy atom. The number of hydrogen-bond acceptors (Lipinski definition) is 8. The van der Waals surface area contributed by atoms with Crippen LogP contribution in [0.1, 0.15) is 56.5 Å². The number of phenols is 2. The van der Waals surface area contributed by atoms with E-state index in [4.69, 9.17) is 10.5 Å². The van der Waals surface area contributed by atoms with Crippen molar-refractivity contribution in [3.05, 3.63) is 53.1 Å². The van der Waals surface area contributed by atoms with E-state index in [0.29, 0.717) is 11.1 Å². The molecule has 2 aliphatic rings. The summed E-state index contributed by atoms with van der Waals surface area (Å²) in [4.78, 5) is 16.6. The number of rotatable bonds is 7. The van der Waals surface area contributed by atoms with E-state index < -0.39 is 12.1 Å². The molecule has 2 aliphatic heterocycles. The van der Waals surface area contributed by atoms with Crippen molar-refractivity contribution < 1.29 is 19.7 Å². The summed E-state index contributed by atoms with van der Waals surface area (Å²) < 4.78 is 5.44. The second-order valence-electron chi connectivity index (χ2n) is 9.68. The molecule has 1 fully saturated rings. The van der Waals surface area contributed by atoms with Gasteiger partial charge in [0.2, 0.25) is 5.84 Å². The molecule has 0 aliphatic carbocycles. The summed E-state index contributed by atoms with van der Waals surface area (Å²) in [6, 6.07) is 11.0. The zero-order valence-electron chi connectivity index (χ0n) is 20.8. The standard InChI is InChI=1S/C26H35N5O4/c1-16(2)20-13-21(23(33)14-22(20)32)26-30(25(24(27)34)28-31(26)17(3)4)19-7-5-18(6-8-19)15-29-9-11-35-12-10-29/h5-8,13-14,16-17,26,32-33H,9-12,15H2,1-4H3,(H2,27,34). The van der Waals surface area contributed by atoms with Gasteiger partial charge in [-0.2, -0.15) is 5.10 Å². The number of phenolic OH excluding ortho intramolecular Hbond substituents is 2. The fourth-order valence-corrected chi connectivity index (χ4v) is 4.62. The van der Waals surface area contributed by atoms with E-state index in [1.54, 1.807) is 16.0 Å². The first kappa shape index (κ1) is 24.8. The first-order valence-electron chi connectivity index (χ1n) is 12.1. The number of carbonyl (C=O) groups excluding carboxylic acids is 1. The number of hydrazone groups is 1. The van der Waals surface area contributed by atoms with Crippen molar-refractivity contribution in [1.29, 1.82) is 0 Å². The molecular weight excluding hydrogens is 446 g/mol. The SMILES string of the molecule is CC(C)c1cc(C2N(c3ccc(CN4CCOCC4)cc3)C(C(N)=O)=NN2C(C)C)c(O)cc1O. The maximum Gasteiger partial charge on any atom is 0.286 e. The van der Waals surface area contributed by atoms with Crippen LogP contribution in [0.2, 0.25) is 0 Å². The average Bonchev–Trinajstić information content (AvgIpc) is 3.21. The van der Waals surface area contributed by atoms with E-state index in [2.05, 4.69) is 10.0 Å². The van der Waals surface area contributed by atoms with Gasteiger partial charge in [0.15, 0.2) is 6.17 Å². The van der Waals surface area contributed by atoms with Gasteiger partial charge < -0.3 is 20.7 Å². The van der Waals surface area contributed by atoms with Gasteiger partial charge >= 0.3 is 0 Å². The lowest BCUT2D eigenvalue weighted by Crippen LogP contribution is -2.42. The fourth-order valence-electron chi connectivity index (χ4n) is 4.62. The van der Waals surface area contributed by atoms with Crippen LogP contribution in [0.3, 0.4) is 0 Å². The lowest BCUT2D eigenvalue weighted by atomic mass is 9.96. The van der Waals surface area contributed by atoms with Crippen molar-refractivity contribution in [3.63, 3.8) is 0 Å².